The van der Waals surface area contributed by atoms with Crippen LogP contribution in [0, 0.1) is 27.7 Å². The van der Waals surface area contributed by atoms with Gasteiger partial charge in [-0.1, -0.05) is 46.5 Å². The number of ether oxygens (including phenoxy) is 4. The van der Waals surface area contributed by atoms with E-state index in [2.05, 4.69) is 0 Å². The van der Waals surface area contributed by atoms with Gasteiger partial charge in [-0.2, -0.15) is 0 Å². The fraction of sp³-hybridized carbons (Fsp3) is 0.273. The summed E-state index contributed by atoms with van der Waals surface area (Å²) < 4.78 is 25.3. The minimum Gasteiger partial charge on any atom is -0.463 e. The molecule has 0 bridgehead atoms. The molecule has 0 saturated heterocycles. The van der Waals surface area contributed by atoms with Gasteiger partial charge in [0.25, 0.3) is 11.8 Å². The van der Waals surface area contributed by atoms with Crippen LogP contribution in [0.15, 0.2) is 84.9 Å². The second-order valence-corrected chi connectivity index (χ2v) is 14.4. The lowest BCUT2D eigenvalue weighted by molar-refractivity contribution is -0.146. The van der Waals surface area contributed by atoms with Crippen LogP contribution in [0.1, 0.15) is 54.4 Å². The lowest BCUT2D eigenvalue weighted by Crippen LogP contribution is -2.17. The fourth-order valence-electron chi connectivity index (χ4n) is 6.75. The largest absolute Gasteiger partial charge is 0.463 e. The standard InChI is InChI=1S/C44H42Cl2N2O8/c1-27-5-15-39-37(23-27)35(29(3)47(39)43(51)31-7-11-33(45)12-8-31)25-41(49)55-21-19-53-17-18-54-20-22-56-42(50)26-36-30(4)48(40-16-6-28(2)24-38(36)40)44(52)32-9-13-34(46)14-10-32/h5-16,23-24H,17-22,25-26H2,1-4H3. The molecule has 0 atom stereocenters. The van der Waals surface area contributed by atoms with Crippen LogP contribution in [0.4, 0.5) is 0 Å². The Hall–Kier alpha value is -5.26. The number of rotatable bonds is 15. The number of aryl methyl sites for hydroxylation is 2. The third-order valence-corrected chi connectivity index (χ3v) is 10.1. The number of fused-ring (bicyclic) bond motifs is 2. The van der Waals surface area contributed by atoms with E-state index in [9.17, 15) is 19.2 Å². The van der Waals surface area contributed by atoms with Crippen LogP contribution in [0.2, 0.25) is 10.0 Å². The second kappa shape index (κ2) is 18.1. The van der Waals surface area contributed by atoms with Crippen molar-refractivity contribution in [1.82, 2.24) is 9.13 Å². The lowest BCUT2D eigenvalue weighted by Gasteiger charge is -2.09. The van der Waals surface area contributed by atoms with Crippen molar-refractivity contribution in [1.29, 1.82) is 0 Å². The number of esters is 2. The minimum absolute atomic E-state index is 0.00267. The van der Waals surface area contributed by atoms with Crippen LogP contribution >= 0.6 is 23.2 Å². The Balaban J connectivity index is 0.923. The maximum Gasteiger partial charge on any atom is 0.310 e. The Morgan fingerprint density at radius 3 is 1.23 bits per heavy atom. The number of carbonyl (C=O) groups excluding carboxylic acids is 4. The number of carbonyl (C=O) groups is 4. The van der Waals surface area contributed by atoms with Crippen molar-refractivity contribution in [3.63, 3.8) is 0 Å². The molecule has 56 heavy (non-hydrogen) atoms. The first kappa shape index (κ1) is 40.4. The molecule has 0 spiro atoms. The summed E-state index contributed by atoms with van der Waals surface area (Å²) in [5, 5.41) is 2.72. The minimum atomic E-state index is -0.433. The van der Waals surface area contributed by atoms with Crippen LogP contribution in [0.3, 0.4) is 0 Å². The molecule has 6 aromatic rings. The van der Waals surface area contributed by atoms with Crippen molar-refractivity contribution in [2.24, 2.45) is 0 Å². The van der Waals surface area contributed by atoms with Gasteiger partial charge >= 0.3 is 11.9 Å². The van der Waals surface area contributed by atoms with Gasteiger partial charge in [-0.25, -0.2) is 0 Å². The first-order valence-corrected chi connectivity index (χ1v) is 19.0. The predicted octanol–water partition coefficient (Wildman–Crippen LogP) is 8.42. The highest BCUT2D eigenvalue weighted by molar-refractivity contribution is 6.31. The van der Waals surface area contributed by atoms with Gasteiger partial charge in [-0.15, -0.1) is 0 Å². The summed E-state index contributed by atoms with van der Waals surface area (Å²) in [7, 11) is 0. The molecule has 0 N–H and O–H groups in total. The van der Waals surface area contributed by atoms with Gasteiger partial charge in [0, 0.05) is 43.3 Å². The molecule has 2 heterocycles. The number of benzene rings is 4. The Morgan fingerprint density at radius 1 is 0.500 bits per heavy atom. The predicted molar refractivity (Wildman–Crippen MR) is 216 cm³/mol. The maximum absolute atomic E-state index is 13.5. The number of aromatic nitrogens is 2. The molecule has 10 nitrogen and oxygen atoms in total. The molecule has 290 valence electrons. The Morgan fingerprint density at radius 2 is 0.857 bits per heavy atom. The average molecular weight is 798 g/mol. The zero-order valence-electron chi connectivity index (χ0n) is 31.7. The summed E-state index contributed by atoms with van der Waals surface area (Å²) >= 11 is 12.1. The molecule has 4 aromatic carbocycles. The van der Waals surface area contributed by atoms with E-state index in [1.165, 1.54) is 0 Å². The monoisotopic (exact) mass is 796 g/mol. The van der Waals surface area contributed by atoms with E-state index in [-0.39, 0.29) is 64.3 Å². The van der Waals surface area contributed by atoms with Gasteiger partial charge in [0.1, 0.15) is 13.2 Å². The summed E-state index contributed by atoms with van der Waals surface area (Å²) in [5.41, 5.74) is 7.20. The molecule has 0 aliphatic carbocycles. The van der Waals surface area contributed by atoms with Gasteiger partial charge in [-0.05, 0) is 112 Å². The van der Waals surface area contributed by atoms with Crippen molar-refractivity contribution >= 4 is 68.8 Å². The van der Waals surface area contributed by atoms with Crippen molar-refractivity contribution < 1.29 is 38.1 Å². The van der Waals surface area contributed by atoms with Crippen LogP contribution in [-0.2, 0) is 41.4 Å². The van der Waals surface area contributed by atoms with E-state index < -0.39 is 11.9 Å². The fourth-order valence-corrected chi connectivity index (χ4v) is 7.00. The first-order chi connectivity index (χ1) is 26.9. The Kier molecular flexibility index (Phi) is 13.1. The highest BCUT2D eigenvalue weighted by Gasteiger charge is 2.24. The average Bonchev–Trinajstić information content (AvgIpc) is 3.59. The van der Waals surface area contributed by atoms with Gasteiger partial charge in [-0.3, -0.25) is 28.3 Å². The van der Waals surface area contributed by atoms with E-state index in [0.29, 0.717) is 43.6 Å². The van der Waals surface area contributed by atoms with Gasteiger partial charge < -0.3 is 18.9 Å². The number of halogens is 2. The molecule has 0 radical (unpaired) electrons. The smallest absolute Gasteiger partial charge is 0.310 e. The molecule has 0 fully saturated rings. The summed E-state index contributed by atoms with van der Waals surface area (Å²) in [5.74, 6) is -1.29. The number of nitrogens with zero attached hydrogens (tertiary/aromatic N) is 2. The molecule has 0 unspecified atom stereocenters. The first-order valence-electron chi connectivity index (χ1n) is 18.2. The lowest BCUT2D eigenvalue weighted by atomic mass is 10.1. The third kappa shape index (κ3) is 9.22. The molecule has 0 saturated carbocycles. The summed E-state index contributed by atoms with van der Waals surface area (Å²) in [6.45, 7) is 8.53. The molecule has 0 aliphatic rings. The maximum atomic E-state index is 13.5. The molecule has 6 rings (SSSR count). The van der Waals surface area contributed by atoms with E-state index in [1.54, 1.807) is 57.7 Å². The SMILES string of the molecule is Cc1ccc2c(c1)c(CC(=O)OCCOCCOCCOC(=O)Cc1c(C)n(C(=O)c3ccc(Cl)cc3)c3ccc(C)cc13)c(C)n2C(=O)c1ccc(Cl)cc1. The van der Waals surface area contributed by atoms with Gasteiger partial charge in [0.15, 0.2) is 0 Å². The van der Waals surface area contributed by atoms with Crippen LogP contribution < -0.4 is 0 Å². The Labute approximate surface area is 334 Å². The van der Waals surface area contributed by atoms with E-state index in [0.717, 1.165) is 33.0 Å². The molecule has 0 amide bonds. The van der Waals surface area contributed by atoms with E-state index in [1.807, 2.05) is 64.1 Å². The zero-order valence-corrected chi connectivity index (χ0v) is 33.2. The van der Waals surface area contributed by atoms with Gasteiger partial charge in [0.2, 0.25) is 0 Å². The Bertz CT molecular complexity index is 2240. The summed E-state index contributed by atoms with van der Waals surface area (Å²) in [6, 6.07) is 25.0. The second-order valence-electron chi connectivity index (χ2n) is 13.5. The highest BCUT2D eigenvalue weighted by atomic mass is 35.5. The number of hydrogen-bond acceptors (Lipinski definition) is 8. The van der Waals surface area contributed by atoms with Crippen LogP contribution in [-0.4, -0.2) is 72.5 Å². The molecular formula is C44H42Cl2N2O8. The highest BCUT2D eigenvalue weighted by Crippen LogP contribution is 2.30. The van der Waals surface area contributed by atoms with Gasteiger partial charge in [0.05, 0.1) is 50.3 Å². The molecular weight excluding hydrogens is 755 g/mol. The molecule has 2 aromatic heterocycles. The van der Waals surface area contributed by atoms with Crippen molar-refractivity contribution in [3.8, 4) is 0 Å². The van der Waals surface area contributed by atoms with Crippen molar-refractivity contribution in [2.75, 3.05) is 39.6 Å². The summed E-state index contributed by atoms with van der Waals surface area (Å²) in [4.78, 5) is 52.8. The topological polar surface area (TPSA) is 115 Å². The van der Waals surface area contributed by atoms with Crippen molar-refractivity contribution in [3.05, 3.63) is 140 Å². The van der Waals surface area contributed by atoms with E-state index >= 15 is 0 Å². The number of hydrogen-bond donors (Lipinski definition) is 0. The zero-order chi connectivity index (χ0) is 39.9. The third-order valence-electron chi connectivity index (χ3n) is 9.56. The van der Waals surface area contributed by atoms with E-state index in [4.69, 9.17) is 42.1 Å². The quantitative estimate of drug-likeness (QED) is 0.0752. The molecule has 0 aliphatic heterocycles. The molecule has 12 heteroatoms. The summed E-state index contributed by atoms with van der Waals surface area (Å²) in [6.07, 6.45) is -0.00534. The van der Waals surface area contributed by atoms with Crippen molar-refractivity contribution in [2.45, 2.75) is 40.5 Å². The van der Waals surface area contributed by atoms with Crippen LogP contribution in [0.25, 0.3) is 21.8 Å². The van der Waals surface area contributed by atoms with Crippen LogP contribution in [0.5, 0.6) is 0 Å². The normalized spacial score (nSPS) is 11.3.